The molecule has 0 unspecified atom stereocenters. The minimum absolute atomic E-state index is 0.0361. The molecule has 348 valence electrons. The molecule has 0 spiro atoms. The second-order valence-electron chi connectivity index (χ2n) is 18.1. The first-order chi connectivity index (χ1) is 32.0. The van der Waals surface area contributed by atoms with Gasteiger partial charge in [0.2, 0.25) is 11.8 Å². The SMILES string of the molecule is COC(=O)C[C@@H]1N=C(c2ccc(-c3ccc(C(=O)N[C@H](C(=O)N4C[C@H](O)C[C@H]4C(=O)N[C@@H](C)c4ccc(-c5scnc5C)cc4)C(C)(C)C)cc3)cc2)c2c(sc(CO)c2C)-n2c(C)nnc21. The summed E-state index contributed by atoms with van der Waals surface area (Å²) in [5.41, 5.74) is 9.17. The fraction of sp³-hybridized carbons (Fsp3) is 0.360. The molecular formula is C50H54N8O7S2. The number of aliphatic hydroxyl groups is 2. The quantitative estimate of drug-likeness (QED) is 0.0929. The summed E-state index contributed by atoms with van der Waals surface area (Å²) in [6.45, 7) is 13.0. The number of esters is 1. The van der Waals surface area contributed by atoms with Gasteiger partial charge < -0.3 is 30.5 Å². The number of β-amino-alcohol motifs (C(OH)–C–C–N with tert-alkyl or cyclic N) is 1. The molecule has 2 aliphatic rings. The summed E-state index contributed by atoms with van der Waals surface area (Å²) in [6, 6.07) is 19.9. The summed E-state index contributed by atoms with van der Waals surface area (Å²) >= 11 is 3.01. The molecule has 6 aromatic rings. The first kappa shape index (κ1) is 47.1. The van der Waals surface area contributed by atoms with Crippen LogP contribution in [0.4, 0.5) is 0 Å². The highest BCUT2D eigenvalue weighted by atomic mass is 32.1. The van der Waals surface area contributed by atoms with Crippen LogP contribution in [-0.4, -0.2) is 96.1 Å². The van der Waals surface area contributed by atoms with Crippen LogP contribution in [0, 0.1) is 26.2 Å². The lowest BCUT2D eigenvalue weighted by Gasteiger charge is -2.35. The zero-order valence-electron chi connectivity index (χ0n) is 38.7. The predicted octanol–water partition coefficient (Wildman–Crippen LogP) is 6.98. The number of hydrogen-bond donors (Lipinski definition) is 4. The van der Waals surface area contributed by atoms with Crippen molar-refractivity contribution in [2.45, 2.75) is 98.2 Å². The number of thiophene rings is 1. The van der Waals surface area contributed by atoms with E-state index in [1.54, 1.807) is 23.5 Å². The summed E-state index contributed by atoms with van der Waals surface area (Å²) in [6.07, 6.45) is -0.860. The number of fused-ring (bicyclic) bond motifs is 3. The second kappa shape index (κ2) is 19.1. The number of amides is 3. The van der Waals surface area contributed by atoms with Crippen LogP contribution in [0.5, 0.6) is 0 Å². The van der Waals surface area contributed by atoms with Gasteiger partial charge in [0.15, 0.2) is 5.82 Å². The van der Waals surface area contributed by atoms with Crippen LogP contribution in [0.1, 0.15) is 107 Å². The van der Waals surface area contributed by atoms with Crippen LogP contribution in [0.2, 0.25) is 0 Å². The monoisotopic (exact) mass is 942 g/mol. The minimum atomic E-state index is -1.01. The van der Waals surface area contributed by atoms with Gasteiger partial charge in [-0.25, -0.2) is 4.98 Å². The fourth-order valence-electron chi connectivity index (χ4n) is 8.72. The molecule has 3 aromatic carbocycles. The lowest BCUT2D eigenvalue weighted by molar-refractivity contribution is -0.142. The minimum Gasteiger partial charge on any atom is -0.469 e. The number of nitrogens with zero attached hydrogens (tertiary/aromatic N) is 6. The third kappa shape index (κ3) is 9.46. The Kier molecular flexibility index (Phi) is 13.4. The number of aliphatic hydroxyl groups excluding tert-OH is 2. The molecule has 0 aliphatic carbocycles. The molecule has 8 rings (SSSR count). The van der Waals surface area contributed by atoms with Crippen LogP contribution in [-0.2, 0) is 25.7 Å². The van der Waals surface area contributed by atoms with Gasteiger partial charge in [0.1, 0.15) is 29.0 Å². The Morgan fingerprint density at radius 2 is 1.54 bits per heavy atom. The third-order valence-corrected chi connectivity index (χ3v) is 14.7. The standard InChI is InChI=1S/C50H54N8O7S2/c1-26-39(24-59)67-49-41(26)42(53-37(22-40(61)65-8)45-56-55-29(4)58(45)49)33-15-11-31(12-16-33)32-13-19-35(20-14-32)46(62)54-44(50(5,6)7)48(64)57-23-36(60)21-38(57)47(63)52-27(2)30-9-17-34(18-10-30)43-28(3)51-25-66-43/h9-20,25,27,36-38,44,59-60H,21-24H2,1-8H3,(H,52,63)(H,54,62)/t27-,36+,37-,38-,44+/m0/s1. The van der Waals surface area contributed by atoms with Gasteiger partial charge in [-0.3, -0.25) is 28.7 Å². The third-order valence-electron chi connectivity index (χ3n) is 12.5. The van der Waals surface area contributed by atoms with E-state index in [0.717, 1.165) is 59.4 Å². The van der Waals surface area contributed by atoms with Crippen LogP contribution >= 0.6 is 22.7 Å². The van der Waals surface area contributed by atoms with Gasteiger partial charge in [0.25, 0.3) is 5.91 Å². The van der Waals surface area contributed by atoms with Crippen molar-refractivity contribution in [3.05, 3.63) is 128 Å². The molecule has 1 saturated heterocycles. The van der Waals surface area contributed by atoms with E-state index in [0.29, 0.717) is 22.9 Å². The van der Waals surface area contributed by atoms with Crippen LogP contribution < -0.4 is 10.6 Å². The number of likely N-dealkylation sites (tertiary alicyclic amines) is 1. The largest absolute Gasteiger partial charge is 0.469 e. The van der Waals surface area contributed by atoms with Crippen molar-refractivity contribution in [2.75, 3.05) is 13.7 Å². The van der Waals surface area contributed by atoms with Crippen molar-refractivity contribution in [3.8, 4) is 26.6 Å². The maximum absolute atomic E-state index is 14.4. The number of carbonyl (C=O) groups is 4. The molecule has 3 aromatic heterocycles. The van der Waals surface area contributed by atoms with Crippen LogP contribution in [0.25, 0.3) is 26.6 Å². The first-order valence-electron chi connectivity index (χ1n) is 22.1. The van der Waals surface area contributed by atoms with Crippen LogP contribution in [0.15, 0.2) is 83.3 Å². The maximum atomic E-state index is 14.4. The number of aryl methyl sites for hydroxylation is 2. The number of ether oxygens (including phenoxy) is 1. The van der Waals surface area contributed by atoms with Crippen molar-refractivity contribution in [1.82, 2.24) is 35.3 Å². The van der Waals surface area contributed by atoms with Gasteiger partial charge in [0, 0.05) is 34.5 Å². The van der Waals surface area contributed by atoms with Crippen molar-refractivity contribution < 1.29 is 34.1 Å². The molecule has 3 amide bonds. The Hall–Kier alpha value is -6.40. The summed E-state index contributed by atoms with van der Waals surface area (Å²) in [7, 11) is 1.34. The Bertz CT molecular complexity index is 2860. The second-order valence-corrected chi connectivity index (χ2v) is 20.1. The number of aliphatic imine (C=N–C) groups is 1. The van der Waals surface area contributed by atoms with Gasteiger partial charge in [-0.05, 0) is 73.1 Å². The molecule has 17 heteroatoms. The number of rotatable bonds is 12. The summed E-state index contributed by atoms with van der Waals surface area (Å²) < 4.78 is 6.92. The predicted molar refractivity (Wildman–Crippen MR) is 257 cm³/mol. The normalized spacial score (nSPS) is 17.7. The van der Waals surface area contributed by atoms with E-state index in [4.69, 9.17) is 9.73 Å². The topological polar surface area (TPSA) is 201 Å². The van der Waals surface area contributed by atoms with E-state index in [-0.39, 0.29) is 37.9 Å². The number of aromatic nitrogens is 4. The highest BCUT2D eigenvalue weighted by Crippen LogP contribution is 2.40. The van der Waals surface area contributed by atoms with Gasteiger partial charge in [-0.15, -0.1) is 32.9 Å². The molecular weight excluding hydrogens is 889 g/mol. The number of methoxy groups -OCH3 is 1. The van der Waals surface area contributed by atoms with Gasteiger partial charge in [-0.2, -0.15) is 0 Å². The summed E-state index contributed by atoms with van der Waals surface area (Å²) in [5.74, 6) is -0.572. The number of benzene rings is 3. The number of nitrogens with one attached hydrogen (secondary N) is 2. The first-order valence-corrected chi connectivity index (χ1v) is 23.8. The maximum Gasteiger partial charge on any atom is 0.308 e. The highest BCUT2D eigenvalue weighted by Gasteiger charge is 2.45. The smallest absolute Gasteiger partial charge is 0.308 e. The molecule has 4 N–H and O–H groups in total. The highest BCUT2D eigenvalue weighted by molar-refractivity contribution is 7.15. The van der Waals surface area contributed by atoms with E-state index in [2.05, 4.69) is 25.8 Å². The Labute approximate surface area is 397 Å². The van der Waals surface area contributed by atoms with Crippen LogP contribution in [0.3, 0.4) is 0 Å². The number of hydrogen-bond acceptors (Lipinski definition) is 13. The number of carbonyl (C=O) groups excluding carboxylic acids is 4. The van der Waals surface area contributed by atoms with Crippen molar-refractivity contribution >= 4 is 52.1 Å². The number of thiazole rings is 1. The lowest BCUT2D eigenvalue weighted by atomic mass is 9.85. The molecule has 0 radical (unpaired) electrons. The Morgan fingerprint density at radius 1 is 0.896 bits per heavy atom. The van der Waals surface area contributed by atoms with E-state index >= 15 is 0 Å². The van der Waals surface area contributed by atoms with E-state index < -0.39 is 47.4 Å². The summed E-state index contributed by atoms with van der Waals surface area (Å²) in [5, 5.41) is 36.5. The van der Waals surface area contributed by atoms with Crippen molar-refractivity contribution in [3.63, 3.8) is 0 Å². The molecule has 67 heavy (non-hydrogen) atoms. The molecule has 0 bridgehead atoms. The average Bonchev–Trinajstić information content (AvgIpc) is 4.09. The van der Waals surface area contributed by atoms with E-state index in [9.17, 15) is 29.4 Å². The van der Waals surface area contributed by atoms with E-state index in [1.165, 1.54) is 23.3 Å². The van der Waals surface area contributed by atoms with Gasteiger partial charge in [-0.1, -0.05) is 81.4 Å². The fourth-order valence-corrected chi connectivity index (χ4v) is 10.7. The van der Waals surface area contributed by atoms with Crippen molar-refractivity contribution in [2.24, 2.45) is 10.4 Å². The van der Waals surface area contributed by atoms with E-state index in [1.807, 2.05) is 119 Å². The zero-order valence-corrected chi connectivity index (χ0v) is 40.3. The Balaban J connectivity index is 0.971. The lowest BCUT2D eigenvalue weighted by Crippen LogP contribution is -2.57. The van der Waals surface area contributed by atoms with Gasteiger partial charge >= 0.3 is 5.97 Å². The van der Waals surface area contributed by atoms with Crippen molar-refractivity contribution in [1.29, 1.82) is 0 Å². The molecule has 5 atom stereocenters. The molecule has 15 nitrogen and oxygen atoms in total. The Morgan fingerprint density at radius 3 is 2.15 bits per heavy atom. The average molecular weight is 943 g/mol. The molecule has 0 saturated carbocycles. The summed E-state index contributed by atoms with van der Waals surface area (Å²) in [4.78, 5) is 67.3. The molecule has 1 fully saturated rings. The molecule has 5 heterocycles. The van der Waals surface area contributed by atoms with Gasteiger partial charge in [0.05, 0.1) is 54.1 Å². The zero-order chi connectivity index (χ0) is 47.9. The molecule has 2 aliphatic heterocycles.